The van der Waals surface area contributed by atoms with Crippen molar-refractivity contribution >= 4 is 33.2 Å². The van der Waals surface area contributed by atoms with Gasteiger partial charge in [0.25, 0.3) is 0 Å². The monoisotopic (exact) mass is 221 g/mol. The fourth-order valence-electron chi connectivity index (χ4n) is 1.29. The average molecular weight is 221 g/mol. The zero-order valence-corrected chi connectivity index (χ0v) is 9.08. The summed E-state index contributed by atoms with van der Waals surface area (Å²) in [6, 6.07) is 5.37. The van der Waals surface area contributed by atoms with Crippen LogP contribution in [0.2, 0.25) is 0 Å². The summed E-state index contributed by atoms with van der Waals surface area (Å²) in [5.74, 6) is 0.0644. The van der Waals surface area contributed by atoms with E-state index in [-0.39, 0.29) is 5.75 Å². The highest BCUT2D eigenvalue weighted by molar-refractivity contribution is 7.99. The highest BCUT2D eigenvalue weighted by Gasteiger charge is 2.07. The molecule has 2 aromatic rings. The molecule has 0 amide bonds. The summed E-state index contributed by atoms with van der Waals surface area (Å²) >= 11 is 3.23. The lowest BCUT2D eigenvalue weighted by Crippen LogP contribution is -1.76. The molecule has 0 saturated heterocycles. The van der Waals surface area contributed by atoms with Gasteiger partial charge in [0, 0.05) is 20.4 Å². The Morgan fingerprint density at radius 1 is 1.50 bits per heavy atom. The van der Waals surface area contributed by atoms with Crippen LogP contribution in [0.3, 0.4) is 0 Å². The minimum atomic E-state index is 0.0644. The number of phenols is 1. The molecule has 14 heavy (non-hydrogen) atoms. The predicted molar refractivity (Wildman–Crippen MR) is 60.0 cm³/mol. The van der Waals surface area contributed by atoms with Crippen molar-refractivity contribution in [3.63, 3.8) is 0 Å². The summed E-state index contributed by atoms with van der Waals surface area (Å²) < 4.78 is 1.02. The molecule has 0 aliphatic rings. The van der Waals surface area contributed by atoms with Crippen molar-refractivity contribution in [1.29, 1.82) is 5.26 Å². The maximum Gasteiger partial charge on any atom is 0.134 e. The molecule has 0 unspecified atom stereocenters. The van der Waals surface area contributed by atoms with E-state index in [2.05, 4.69) is 0 Å². The molecule has 1 heterocycles. The average Bonchev–Trinajstić information content (AvgIpc) is 2.58. The second-order valence-electron chi connectivity index (χ2n) is 2.78. The summed E-state index contributed by atoms with van der Waals surface area (Å²) in [4.78, 5) is 1.15. The number of rotatable bonds is 1. The molecule has 0 aliphatic heterocycles. The van der Waals surface area contributed by atoms with E-state index in [0.717, 1.165) is 15.0 Å². The molecule has 4 heteroatoms. The number of benzene rings is 1. The van der Waals surface area contributed by atoms with E-state index in [0.29, 0.717) is 5.56 Å². The Morgan fingerprint density at radius 3 is 2.93 bits per heavy atom. The number of nitrogens with zero attached hydrogens (tertiary/aromatic N) is 1. The lowest BCUT2D eigenvalue weighted by Gasteiger charge is -1.97. The van der Waals surface area contributed by atoms with E-state index in [1.807, 2.05) is 17.7 Å². The SMILES string of the molecule is CSc1csc2cc(O)c(C#N)cc12. The number of hydrogen-bond acceptors (Lipinski definition) is 4. The highest BCUT2D eigenvalue weighted by atomic mass is 32.2. The molecule has 0 aliphatic carbocycles. The molecular weight excluding hydrogens is 214 g/mol. The molecule has 0 bridgehead atoms. The van der Waals surface area contributed by atoms with Crippen LogP contribution in [0.4, 0.5) is 0 Å². The smallest absolute Gasteiger partial charge is 0.134 e. The maximum atomic E-state index is 9.47. The van der Waals surface area contributed by atoms with E-state index in [1.165, 1.54) is 0 Å². The van der Waals surface area contributed by atoms with Crippen LogP contribution in [-0.4, -0.2) is 11.4 Å². The molecule has 70 valence electrons. The Kier molecular flexibility index (Phi) is 2.36. The second-order valence-corrected chi connectivity index (χ2v) is 4.54. The van der Waals surface area contributed by atoms with Gasteiger partial charge in [0.1, 0.15) is 11.8 Å². The third-order valence-corrected chi connectivity index (χ3v) is 3.87. The molecule has 0 atom stereocenters. The third kappa shape index (κ3) is 1.35. The zero-order chi connectivity index (χ0) is 10.1. The fraction of sp³-hybridized carbons (Fsp3) is 0.100. The first-order valence-electron chi connectivity index (χ1n) is 3.94. The van der Waals surface area contributed by atoms with Gasteiger partial charge in [-0.05, 0) is 18.4 Å². The van der Waals surface area contributed by atoms with E-state index < -0.39 is 0 Å². The lowest BCUT2D eigenvalue weighted by atomic mass is 10.1. The number of hydrogen-bond donors (Lipinski definition) is 1. The van der Waals surface area contributed by atoms with Gasteiger partial charge < -0.3 is 5.11 Å². The van der Waals surface area contributed by atoms with Gasteiger partial charge in [-0.15, -0.1) is 23.1 Å². The Balaban J connectivity index is 2.78. The second kappa shape index (κ2) is 3.52. The van der Waals surface area contributed by atoms with Crippen LogP contribution in [0, 0.1) is 11.3 Å². The van der Waals surface area contributed by atoms with Gasteiger partial charge in [0.05, 0.1) is 5.56 Å². The number of thioether (sulfide) groups is 1. The van der Waals surface area contributed by atoms with E-state index in [1.54, 1.807) is 35.2 Å². The van der Waals surface area contributed by atoms with E-state index in [9.17, 15) is 5.11 Å². The lowest BCUT2D eigenvalue weighted by molar-refractivity contribution is 0.474. The Hall–Kier alpha value is -1.18. The van der Waals surface area contributed by atoms with Crippen LogP contribution in [0.1, 0.15) is 5.56 Å². The summed E-state index contributed by atoms with van der Waals surface area (Å²) in [6.45, 7) is 0. The Bertz CT molecular complexity index is 525. The Labute approximate surface area is 89.8 Å². The molecule has 2 rings (SSSR count). The summed E-state index contributed by atoms with van der Waals surface area (Å²) in [7, 11) is 0. The number of nitriles is 1. The van der Waals surface area contributed by atoms with Crippen LogP contribution >= 0.6 is 23.1 Å². The number of phenolic OH excluding ortho intramolecular Hbond substituents is 1. The number of aromatic hydroxyl groups is 1. The normalized spacial score (nSPS) is 10.3. The van der Waals surface area contributed by atoms with Crippen molar-refractivity contribution in [3.8, 4) is 11.8 Å². The van der Waals surface area contributed by atoms with Gasteiger partial charge in [-0.3, -0.25) is 0 Å². The summed E-state index contributed by atoms with van der Waals surface area (Å²) in [6.07, 6.45) is 2.00. The van der Waals surface area contributed by atoms with Crippen LogP contribution in [0.5, 0.6) is 5.75 Å². The molecule has 0 spiro atoms. The van der Waals surface area contributed by atoms with Gasteiger partial charge in [-0.2, -0.15) is 5.26 Å². The van der Waals surface area contributed by atoms with Crippen LogP contribution in [0.15, 0.2) is 22.4 Å². The topological polar surface area (TPSA) is 44.0 Å². The maximum absolute atomic E-state index is 9.47. The molecule has 1 aromatic carbocycles. The number of fused-ring (bicyclic) bond motifs is 1. The first kappa shape index (κ1) is 9.38. The van der Waals surface area contributed by atoms with Gasteiger partial charge in [0.15, 0.2) is 0 Å². The van der Waals surface area contributed by atoms with Crippen molar-refractivity contribution in [1.82, 2.24) is 0 Å². The van der Waals surface area contributed by atoms with Crippen LogP contribution in [-0.2, 0) is 0 Å². The molecule has 1 N–H and O–H groups in total. The third-order valence-electron chi connectivity index (χ3n) is 2.00. The number of thiophene rings is 1. The van der Waals surface area contributed by atoms with E-state index in [4.69, 9.17) is 5.26 Å². The van der Waals surface area contributed by atoms with Crippen molar-refractivity contribution in [3.05, 3.63) is 23.1 Å². The van der Waals surface area contributed by atoms with Crippen molar-refractivity contribution in [2.24, 2.45) is 0 Å². The van der Waals surface area contributed by atoms with Gasteiger partial charge in [-0.25, -0.2) is 0 Å². The largest absolute Gasteiger partial charge is 0.507 e. The predicted octanol–water partition coefficient (Wildman–Crippen LogP) is 3.20. The molecule has 1 aromatic heterocycles. The summed E-state index contributed by atoms with van der Waals surface area (Å²) in [5, 5.41) is 21.3. The molecule has 2 nitrogen and oxygen atoms in total. The minimum absolute atomic E-state index is 0.0644. The van der Waals surface area contributed by atoms with Crippen molar-refractivity contribution in [2.45, 2.75) is 4.90 Å². The standard InChI is InChI=1S/C10H7NOS2/c1-13-10-5-14-9-3-8(12)6(4-11)2-7(9)10/h2-3,5,12H,1H3. The van der Waals surface area contributed by atoms with Gasteiger partial charge in [0.2, 0.25) is 0 Å². The molecule has 0 radical (unpaired) electrons. The first-order valence-corrected chi connectivity index (χ1v) is 6.05. The van der Waals surface area contributed by atoms with Gasteiger partial charge in [-0.1, -0.05) is 0 Å². The first-order chi connectivity index (χ1) is 6.76. The van der Waals surface area contributed by atoms with Crippen LogP contribution in [0.25, 0.3) is 10.1 Å². The minimum Gasteiger partial charge on any atom is -0.507 e. The Morgan fingerprint density at radius 2 is 2.29 bits per heavy atom. The van der Waals surface area contributed by atoms with E-state index >= 15 is 0 Å². The summed E-state index contributed by atoms with van der Waals surface area (Å²) in [5.41, 5.74) is 0.339. The highest BCUT2D eigenvalue weighted by Crippen LogP contribution is 2.35. The molecule has 0 saturated carbocycles. The zero-order valence-electron chi connectivity index (χ0n) is 7.44. The molecular formula is C10H7NOS2. The van der Waals surface area contributed by atoms with Crippen molar-refractivity contribution < 1.29 is 5.11 Å². The van der Waals surface area contributed by atoms with Crippen LogP contribution < -0.4 is 0 Å². The fourth-order valence-corrected chi connectivity index (χ4v) is 3.11. The van der Waals surface area contributed by atoms with Crippen molar-refractivity contribution in [2.75, 3.05) is 6.26 Å². The van der Waals surface area contributed by atoms with Gasteiger partial charge >= 0.3 is 0 Å². The molecule has 0 fully saturated rings. The quantitative estimate of drug-likeness (QED) is 0.752.